The summed E-state index contributed by atoms with van der Waals surface area (Å²) in [6.07, 6.45) is 12.4. The van der Waals surface area contributed by atoms with Gasteiger partial charge in [-0.15, -0.1) is 0 Å². The molecule has 0 aromatic carbocycles. The van der Waals surface area contributed by atoms with Crippen LogP contribution in [0.15, 0.2) is 49.6 Å². The molecule has 18 nitrogen and oxygen atoms in total. The summed E-state index contributed by atoms with van der Waals surface area (Å²) in [6, 6.07) is 0. The van der Waals surface area contributed by atoms with E-state index in [0.717, 1.165) is 6.92 Å². The first-order chi connectivity index (χ1) is 21.5. The van der Waals surface area contributed by atoms with Crippen LogP contribution in [0.25, 0.3) is 90.7 Å². The first-order valence-electron chi connectivity index (χ1n) is 12.7. The molecule has 2 aliphatic heterocycles. The summed E-state index contributed by atoms with van der Waals surface area (Å²) >= 11 is 0. The van der Waals surface area contributed by atoms with Gasteiger partial charge in [0.05, 0.1) is 0 Å². The van der Waals surface area contributed by atoms with E-state index in [9.17, 15) is 0 Å². The number of carboxylic acid groups (broad SMARTS) is 1. The zero-order chi connectivity index (χ0) is 29.8. The second-order valence-electron chi connectivity index (χ2n) is 9.02. The molecule has 7 aromatic rings. The molecule has 0 saturated heterocycles. The number of nitrogens with zero attached hydrogens (tertiary/aromatic N) is 16. The maximum Gasteiger partial charge on any atom is 0.300 e. The molecule has 8 bridgehead atoms. The molecule has 222 valence electrons. The quantitative estimate of drug-likeness (QED) is 0.230. The van der Waals surface area contributed by atoms with Gasteiger partial charge in [-0.05, 0) is 0 Å². The number of aliphatic carboxylic acids is 1. The molecule has 2 aliphatic rings. The van der Waals surface area contributed by atoms with Crippen LogP contribution in [0.4, 0.5) is 0 Å². The summed E-state index contributed by atoms with van der Waals surface area (Å²) in [5.74, 6) is 0.176. The normalized spacial score (nSPS) is 11.2. The van der Waals surface area contributed by atoms with Crippen LogP contribution in [0, 0.1) is 37.3 Å². The maximum absolute atomic E-state index is 9.00. The summed E-state index contributed by atoms with van der Waals surface area (Å²) in [7, 11) is 0. The van der Waals surface area contributed by atoms with Gasteiger partial charge in [-0.25, -0.2) is 9.97 Å². The monoisotopic (exact) mass is 746 g/mol. The van der Waals surface area contributed by atoms with Crippen LogP contribution in [-0.2, 0) is 4.79 Å². The number of rotatable bonds is 0. The minimum absolute atomic E-state index is 0. The molecule has 0 radical (unpaired) electrons. The Morgan fingerprint density at radius 1 is 0.467 bits per heavy atom. The van der Waals surface area contributed by atoms with E-state index in [1.165, 1.54) is 0 Å². The molecule has 45 heavy (non-hydrogen) atoms. The number of hydrogen-bond donors (Lipinski definition) is 1. The van der Waals surface area contributed by atoms with Crippen molar-refractivity contribution in [3.05, 3.63) is 49.6 Å². The Labute approximate surface area is 278 Å². The van der Waals surface area contributed by atoms with E-state index in [4.69, 9.17) is 9.90 Å². The third kappa shape index (κ3) is 4.85. The fraction of sp³-hybridized carbons (Fsp3) is 0.0385. The van der Waals surface area contributed by atoms with Gasteiger partial charge in [-0.3, -0.25) is 44.7 Å². The number of fused-ring (bicyclic) bond motifs is 20. The standard InChI is InChI=1S/C24H8N16.C2H4O2.Er/c1-2-26-10-9(25-1)17-33-18(10)38-20-13-14(30-6-5-29-13)22(35-20)40-24-16-15(31-7-8-32-16)23(36-24)39-21-12-11(19(34-21)37-17)27-3-4-28-12;1-2(3)4;/h1-8H;1H3,(H,3,4);/q-2;;. The maximum atomic E-state index is 9.00. The van der Waals surface area contributed by atoms with Gasteiger partial charge in [0.1, 0.15) is 68.1 Å². The van der Waals surface area contributed by atoms with Gasteiger partial charge in [-0.2, -0.15) is 0 Å². The van der Waals surface area contributed by atoms with Crippen LogP contribution in [0.1, 0.15) is 6.92 Å². The summed E-state index contributed by atoms with van der Waals surface area (Å²) in [5, 5.41) is 7.42. The van der Waals surface area contributed by atoms with Crippen LogP contribution in [0.3, 0.4) is 0 Å². The molecule has 0 spiro atoms. The van der Waals surface area contributed by atoms with Gasteiger partial charge in [0.25, 0.3) is 5.97 Å². The van der Waals surface area contributed by atoms with Gasteiger partial charge in [-0.1, -0.05) is 0 Å². The Morgan fingerprint density at radius 3 is 0.933 bits per heavy atom. The Balaban J connectivity index is 0.000000617. The Bertz CT molecular complexity index is 2160. The van der Waals surface area contributed by atoms with Crippen molar-refractivity contribution >= 4 is 50.6 Å². The van der Waals surface area contributed by atoms with E-state index in [1.54, 1.807) is 49.6 Å². The molecule has 0 fully saturated rings. The molecular formula is C26H12ErN16O2-2. The predicted octanol–water partition coefficient (Wildman–Crippen LogP) is 1.38. The zero-order valence-corrected chi connectivity index (χ0v) is 24.3. The van der Waals surface area contributed by atoms with Crippen LogP contribution in [0.5, 0.6) is 0 Å². The average Bonchev–Trinajstić information content (AvgIpc) is 3.76. The number of carboxylic acids is 1. The van der Waals surface area contributed by atoms with E-state index >= 15 is 0 Å². The first kappa shape index (κ1) is 28.2. The largest absolute Gasteiger partial charge is 0.481 e. The fourth-order valence-corrected chi connectivity index (χ4v) is 4.51. The minimum Gasteiger partial charge on any atom is -0.481 e. The molecule has 1 N–H and O–H groups in total. The molecule has 0 atom stereocenters. The molecule has 19 heteroatoms. The van der Waals surface area contributed by atoms with Crippen LogP contribution >= 0.6 is 0 Å². The molecule has 7 aromatic heterocycles. The van der Waals surface area contributed by atoms with Crippen LogP contribution in [0.2, 0.25) is 0 Å². The van der Waals surface area contributed by atoms with Crippen molar-refractivity contribution in [3.63, 3.8) is 0 Å². The van der Waals surface area contributed by atoms with Crippen LogP contribution < -0.4 is 9.97 Å². The van der Waals surface area contributed by atoms with E-state index in [-0.39, 0.29) is 83.2 Å². The molecular weight excluding hydrogens is 736 g/mol. The molecule has 0 saturated carbocycles. The van der Waals surface area contributed by atoms with Crippen LogP contribution in [-0.4, -0.2) is 80.9 Å². The second kappa shape index (κ2) is 11.2. The van der Waals surface area contributed by atoms with Gasteiger partial charge in [0, 0.05) is 116 Å². The number of carbonyl (C=O) groups is 1. The Morgan fingerprint density at radius 2 is 0.689 bits per heavy atom. The Kier molecular flexibility index (Phi) is 6.98. The van der Waals surface area contributed by atoms with Crippen molar-refractivity contribution in [3.8, 4) is 46.1 Å². The van der Waals surface area contributed by atoms with E-state index in [1.807, 2.05) is 0 Å². The van der Waals surface area contributed by atoms with Crippen molar-refractivity contribution in [2.24, 2.45) is 0 Å². The summed E-state index contributed by atoms with van der Waals surface area (Å²) in [6.45, 7) is 1.08. The van der Waals surface area contributed by atoms with Gasteiger partial charge >= 0.3 is 0 Å². The first-order valence-corrected chi connectivity index (χ1v) is 12.7. The minimum atomic E-state index is -0.833. The smallest absolute Gasteiger partial charge is 0.300 e. The number of aromatic nitrogens is 16. The summed E-state index contributed by atoms with van der Waals surface area (Å²) in [4.78, 5) is 81.8. The molecule has 9 heterocycles. The van der Waals surface area contributed by atoms with Gasteiger partial charge < -0.3 is 35.0 Å². The van der Waals surface area contributed by atoms with E-state index in [2.05, 4.69) is 79.7 Å². The zero-order valence-electron chi connectivity index (χ0n) is 22.4. The molecule has 9 rings (SSSR count). The molecule has 0 amide bonds. The average molecular weight is 748 g/mol. The van der Waals surface area contributed by atoms with E-state index < -0.39 is 5.97 Å². The second-order valence-corrected chi connectivity index (χ2v) is 9.02. The Hall–Kier alpha value is -5.60. The number of hydrogen-bond acceptors (Lipinski definition) is 15. The van der Waals surface area contributed by atoms with Crippen molar-refractivity contribution in [2.45, 2.75) is 6.92 Å². The third-order valence-corrected chi connectivity index (χ3v) is 6.18. The summed E-state index contributed by atoms with van der Waals surface area (Å²) in [5.41, 5.74) is 4.45. The fourth-order valence-electron chi connectivity index (χ4n) is 4.51. The van der Waals surface area contributed by atoms with E-state index in [0.29, 0.717) is 44.8 Å². The SMILES string of the molecule is CC(=O)O.[Er].c1cnc2c(n1)-c1nc-2nc2[n-]c(nc3nc(nc4[n-]c(n1)c1nccnc41)-c1nccnc1-3)c1nccnc21. The molecule has 0 aliphatic carbocycles. The van der Waals surface area contributed by atoms with Gasteiger partial charge in [0.15, 0.2) is 0 Å². The van der Waals surface area contributed by atoms with Crippen molar-refractivity contribution in [1.82, 2.24) is 79.7 Å². The van der Waals surface area contributed by atoms with Crippen molar-refractivity contribution < 1.29 is 47.2 Å². The topological polar surface area (TPSA) is 246 Å². The predicted molar refractivity (Wildman–Crippen MR) is 150 cm³/mol. The van der Waals surface area contributed by atoms with Crippen molar-refractivity contribution in [1.29, 1.82) is 0 Å². The summed E-state index contributed by atoms with van der Waals surface area (Å²) < 4.78 is 0. The van der Waals surface area contributed by atoms with Gasteiger partial charge in [0.2, 0.25) is 0 Å². The third-order valence-electron chi connectivity index (χ3n) is 6.18. The van der Waals surface area contributed by atoms with Crippen molar-refractivity contribution in [2.75, 3.05) is 0 Å². The molecule has 0 unspecified atom stereocenters.